The molecule has 27 heavy (non-hydrogen) atoms. The summed E-state index contributed by atoms with van der Waals surface area (Å²) in [4.78, 5) is 29.0. The molecule has 2 aromatic rings. The number of hydrogen-bond acceptors (Lipinski definition) is 5. The van der Waals surface area contributed by atoms with Crippen LogP contribution in [0, 0.1) is 0 Å². The van der Waals surface area contributed by atoms with Crippen LogP contribution in [0.2, 0.25) is 0 Å². The number of aromatic nitrogens is 1. The lowest BCUT2D eigenvalue weighted by Crippen LogP contribution is -2.32. The predicted octanol–water partition coefficient (Wildman–Crippen LogP) is 3.00. The average molecular weight is 372 g/mol. The zero-order chi connectivity index (χ0) is 19.6. The fourth-order valence-electron chi connectivity index (χ4n) is 2.49. The van der Waals surface area contributed by atoms with Crippen LogP contribution in [0.4, 0.5) is 0 Å². The van der Waals surface area contributed by atoms with E-state index in [4.69, 9.17) is 14.6 Å². The van der Waals surface area contributed by atoms with Gasteiger partial charge in [-0.1, -0.05) is 6.07 Å². The molecule has 1 amide bonds. The number of carbonyl (C=O) groups is 2. The number of amides is 1. The summed E-state index contributed by atoms with van der Waals surface area (Å²) in [6, 6.07) is 8.73. The monoisotopic (exact) mass is 372 g/mol. The number of aliphatic carboxylic acids is 1. The molecule has 7 nitrogen and oxygen atoms in total. The molecule has 144 valence electrons. The van der Waals surface area contributed by atoms with Crippen molar-refractivity contribution in [2.45, 2.75) is 26.9 Å². The number of benzene rings is 1. The van der Waals surface area contributed by atoms with E-state index in [0.29, 0.717) is 36.8 Å². The van der Waals surface area contributed by atoms with Crippen molar-refractivity contribution < 1.29 is 24.2 Å². The van der Waals surface area contributed by atoms with Gasteiger partial charge in [0.25, 0.3) is 5.91 Å². The maximum Gasteiger partial charge on any atom is 0.305 e. The molecule has 0 saturated heterocycles. The molecule has 0 aliphatic heterocycles. The van der Waals surface area contributed by atoms with E-state index in [1.54, 1.807) is 30.6 Å². The number of nitrogens with zero attached hydrogens (tertiary/aromatic N) is 2. The van der Waals surface area contributed by atoms with Gasteiger partial charge in [0, 0.05) is 36.6 Å². The highest BCUT2D eigenvalue weighted by molar-refractivity contribution is 5.95. The summed E-state index contributed by atoms with van der Waals surface area (Å²) in [5.74, 6) is -0.165. The maximum atomic E-state index is 12.7. The molecule has 0 aliphatic rings. The summed E-state index contributed by atoms with van der Waals surface area (Å²) >= 11 is 0. The first kappa shape index (κ1) is 20.2. The van der Waals surface area contributed by atoms with Crippen molar-refractivity contribution >= 4 is 11.9 Å². The molecule has 0 saturated carbocycles. The minimum absolute atomic E-state index is 0.0931. The Balaban J connectivity index is 2.15. The van der Waals surface area contributed by atoms with Crippen molar-refractivity contribution in [1.29, 1.82) is 0 Å². The molecule has 1 aromatic carbocycles. The number of carboxylic acid groups (broad SMARTS) is 1. The number of carbonyl (C=O) groups excluding carboxylic acids is 1. The summed E-state index contributed by atoms with van der Waals surface area (Å²) in [6.07, 6.45) is 3.32. The van der Waals surface area contributed by atoms with Crippen LogP contribution in [0.1, 0.15) is 36.2 Å². The molecular formula is C20H24N2O5. The van der Waals surface area contributed by atoms with Gasteiger partial charge >= 0.3 is 5.97 Å². The highest BCUT2D eigenvalue weighted by atomic mass is 16.5. The third-order valence-corrected chi connectivity index (χ3v) is 3.87. The molecule has 1 N–H and O–H groups in total. The van der Waals surface area contributed by atoms with E-state index in [2.05, 4.69) is 4.98 Å². The Morgan fingerprint density at radius 2 is 1.96 bits per heavy atom. The van der Waals surface area contributed by atoms with E-state index in [-0.39, 0.29) is 18.9 Å². The van der Waals surface area contributed by atoms with Crippen LogP contribution in [0.15, 0.2) is 42.7 Å². The molecule has 1 aromatic heterocycles. The molecular weight excluding hydrogens is 348 g/mol. The Bertz CT molecular complexity index is 764. The fourth-order valence-corrected chi connectivity index (χ4v) is 2.49. The van der Waals surface area contributed by atoms with Gasteiger partial charge < -0.3 is 19.5 Å². The van der Waals surface area contributed by atoms with Crippen LogP contribution in [0.3, 0.4) is 0 Å². The lowest BCUT2D eigenvalue weighted by molar-refractivity contribution is -0.137. The third-order valence-electron chi connectivity index (χ3n) is 3.87. The van der Waals surface area contributed by atoms with E-state index >= 15 is 0 Å². The van der Waals surface area contributed by atoms with E-state index < -0.39 is 5.97 Å². The zero-order valence-electron chi connectivity index (χ0n) is 15.6. The first-order valence-corrected chi connectivity index (χ1v) is 8.84. The largest absolute Gasteiger partial charge is 0.490 e. The van der Waals surface area contributed by atoms with Crippen molar-refractivity contribution in [2.75, 3.05) is 19.7 Å². The highest BCUT2D eigenvalue weighted by Gasteiger charge is 2.18. The molecule has 0 spiro atoms. The van der Waals surface area contributed by atoms with Gasteiger partial charge in [-0.2, -0.15) is 0 Å². The minimum atomic E-state index is -0.935. The van der Waals surface area contributed by atoms with E-state index in [1.807, 2.05) is 26.0 Å². The Hall–Kier alpha value is -3.09. The molecule has 0 atom stereocenters. The van der Waals surface area contributed by atoms with Crippen molar-refractivity contribution in [3.05, 3.63) is 53.9 Å². The van der Waals surface area contributed by atoms with Crippen molar-refractivity contribution in [2.24, 2.45) is 0 Å². The summed E-state index contributed by atoms with van der Waals surface area (Å²) in [7, 11) is 0. The Morgan fingerprint density at radius 3 is 2.59 bits per heavy atom. The molecule has 1 heterocycles. The molecule has 0 unspecified atom stereocenters. The zero-order valence-corrected chi connectivity index (χ0v) is 15.6. The van der Waals surface area contributed by atoms with Gasteiger partial charge in [0.05, 0.1) is 13.0 Å². The first-order valence-electron chi connectivity index (χ1n) is 8.84. The summed E-state index contributed by atoms with van der Waals surface area (Å²) in [5.41, 5.74) is 1.35. The number of ether oxygens (including phenoxy) is 2. The summed E-state index contributed by atoms with van der Waals surface area (Å²) in [5, 5.41) is 8.83. The molecule has 2 rings (SSSR count). The first-order chi connectivity index (χ1) is 13.0. The second-order valence-electron chi connectivity index (χ2n) is 5.77. The van der Waals surface area contributed by atoms with Crippen LogP contribution in [0.5, 0.6) is 11.5 Å². The van der Waals surface area contributed by atoms with E-state index in [0.717, 1.165) is 5.56 Å². The lowest BCUT2D eigenvalue weighted by atomic mass is 10.1. The highest BCUT2D eigenvalue weighted by Crippen LogP contribution is 2.29. The van der Waals surface area contributed by atoms with Crippen molar-refractivity contribution in [3.63, 3.8) is 0 Å². The maximum absolute atomic E-state index is 12.7. The van der Waals surface area contributed by atoms with E-state index in [1.165, 1.54) is 4.90 Å². The van der Waals surface area contributed by atoms with E-state index in [9.17, 15) is 9.59 Å². The second kappa shape index (κ2) is 10.2. The molecule has 0 fully saturated rings. The molecule has 0 radical (unpaired) electrons. The minimum Gasteiger partial charge on any atom is -0.490 e. The van der Waals surface area contributed by atoms with Crippen LogP contribution in [0.25, 0.3) is 0 Å². The van der Waals surface area contributed by atoms with Gasteiger partial charge in [0.2, 0.25) is 0 Å². The number of pyridine rings is 1. The standard InChI is InChI=1S/C20H24N2O5/c1-3-22(11-9-19(23)24)20(25)16-7-8-17(18(12-16)26-4-2)27-14-15-6-5-10-21-13-15/h5-8,10,12-13H,3-4,9,11,14H2,1-2H3,(H,23,24). The molecule has 0 aliphatic carbocycles. The molecule has 0 bridgehead atoms. The fraction of sp³-hybridized carbons (Fsp3) is 0.350. The lowest BCUT2D eigenvalue weighted by Gasteiger charge is -2.21. The Kier molecular flexibility index (Phi) is 7.61. The average Bonchev–Trinajstić information content (AvgIpc) is 2.68. The van der Waals surface area contributed by atoms with Gasteiger partial charge in [-0.25, -0.2) is 0 Å². The van der Waals surface area contributed by atoms with Gasteiger partial charge in [0.1, 0.15) is 6.61 Å². The van der Waals surface area contributed by atoms with Gasteiger partial charge in [-0.05, 0) is 38.1 Å². The number of hydrogen-bond donors (Lipinski definition) is 1. The number of rotatable bonds is 10. The topological polar surface area (TPSA) is 89.0 Å². The molecule has 7 heteroatoms. The summed E-state index contributed by atoms with van der Waals surface area (Å²) in [6.45, 7) is 5.01. The van der Waals surface area contributed by atoms with Gasteiger partial charge in [0.15, 0.2) is 11.5 Å². The van der Waals surface area contributed by atoms with Crippen LogP contribution in [-0.2, 0) is 11.4 Å². The van der Waals surface area contributed by atoms with Gasteiger partial charge in [-0.3, -0.25) is 14.6 Å². The van der Waals surface area contributed by atoms with Crippen LogP contribution < -0.4 is 9.47 Å². The van der Waals surface area contributed by atoms with Crippen LogP contribution >= 0.6 is 0 Å². The second-order valence-corrected chi connectivity index (χ2v) is 5.77. The third kappa shape index (κ3) is 5.99. The smallest absolute Gasteiger partial charge is 0.305 e. The normalized spacial score (nSPS) is 10.3. The Labute approximate surface area is 158 Å². The van der Waals surface area contributed by atoms with Gasteiger partial charge in [-0.15, -0.1) is 0 Å². The Morgan fingerprint density at radius 1 is 1.15 bits per heavy atom. The van der Waals surface area contributed by atoms with Crippen molar-refractivity contribution in [3.8, 4) is 11.5 Å². The number of carboxylic acids is 1. The predicted molar refractivity (Wildman–Crippen MR) is 100 cm³/mol. The summed E-state index contributed by atoms with van der Waals surface area (Å²) < 4.78 is 11.4. The SMILES string of the molecule is CCOc1cc(C(=O)N(CC)CCC(=O)O)ccc1OCc1cccnc1. The van der Waals surface area contributed by atoms with Crippen LogP contribution in [-0.4, -0.2) is 46.6 Å². The van der Waals surface area contributed by atoms with Crippen molar-refractivity contribution in [1.82, 2.24) is 9.88 Å². The quantitative estimate of drug-likeness (QED) is 0.690.